The molecule has 1 aromatic rings. The highest BCUT2D eigenvalue weighted by Crippen LogP contribution is 2.24. The van der Waals surface area contributed by atoms with Gasteiger partial charge in [0, 0.05) is 24.7 Å². The van der Waals surface area contributed by atoms with Crippen LogP contribution in [0, 0.1) is 0 Å². The fraction of sp³-hybridized carbons (Fsp3) is 0.588. The van der Waals surface area contributed by atoms with E-state index in [1.165, 1.54) is 6.42 Å². The van der Waals surface area contributed by atoms with Crippen LogP contribution in [0.5, 0.6) is 5.75 Å². The summed E-state index contributed by atoms with van der Waals surface area (Å²) in [5.74, 6) is 1.06. The van der Waals surface area contributed by atoms with E-state index in [2.05, 4.69) is 12.2 Å². The summed E-state index contributed by atoms with van der Waals surface area (Å²) in [5, 5.41) is 3.40. The molecule has 2 unspecified atom stereocenters. The lowest BCUT2D eigenvalue weighted by molar-refractivity contribution is -0.134. The van der Waals surface area contributed by atoms with Crippen molar-refractivity contribution >= 4 is 5.91 Å². The highest BCUT2D eigenvalue weighted by molar-refractivity contribution is 5.81. The Morgan fingerprint density at radius 3 is 2.52 bits per heavy atom. The second-order valence-corrected chi connectivity index (χ2v) is 5.74. The molecule has 1 aromatic carbocycles. The number of hydrogen-bond acceptors (Lipinski definition) is 3. The Kier molecular flexibility index (Phi) is 5.62. The zero-order chi connectivity index (χ0) is 15.2. The topological polar surface area (TPSA) is 41.6 Å². The minimum Gasteiger partial charge on any atom is -0.496 e. The number of rotatable bonds is 5. The molecule has 0 aromatic heterocycles. The number of piperidine rings is 1. The third-order valence-electron chi connectivity index (χ3n) is 4.14. The number of methoxy groups -OCH3 is 1. The van der Waals surface area contributed by atoms with E-state index in [-0.39, 0.29) is 18.0 Å². The van der Waals surface area contributed by atoms with Crippen molar-refractivity contribution in [3.05, 3.63) is 29.8 Å². The maximum Gasteiger partial charge on any atom is 0.239 e. The van der Waals surface area contributed by atoms with E-state index < -0.39 is 0 Å². The molecular formula is C17H26N2O2. The number of amides is 1. The molecule has 2 rings (SSSR count). The summed E-state index contributed by atoms with van der Waals surface area (Å²) in [5.41, 5.74) is 1.08. The van der Waals surface area contributed by atoms with E-state index in [0.29, 0.717) is 0 Å². The number of ether oxygens (including phenoxy) is 1. The Bertz CT molecular complexity index is 470. The molecule has 1 saturated heterocycles. The fourth-order valence-electron chi connectivity index (χ4n) is 2.95. The Morgan fingerprint density at radius 1 is 1.19 bits per heavy atom. The predicted molar refractivity (Wildman–Crippen MR) is 84.4 cm³/mol. The first-order valence-electron chi connectivity index (χ1n) is 7.81. The van der Waals surface area contributed by atoms with Gasteiger partial charge in [-0.2, -0.15) is 0 Å². The smallest absolute Gasteiger partial charge is 0.239 e. The molecular weight excluding hydrogens is 264 g/mol. The van der Waals surface area contributed by atoms with Crippen LogP contribution in [0.4, 0.5) is 0 Å². The Hall–Kier alpha value is -1.55. The number of benzene rings is 1. The van der Waals surface area contributed by atoms with Crippen LogP contribution in [-0.4, -0.2) is 37.0 Å². The summed E-state index contributed by atoms with van der Waals surface area (Å²) in [4.78, 5) is 14.4. The maximum absolute atomic E-state index is 12.5. The van der Waals surface area contributed by atoms with Crippen LogP contribution >= 0.6 is 0 Å². The van der Waals surface area contributed by atoms with E-state index >= 15 is 0 Å². The van der Waals surface area contributed by atoms with Crippen molar-refractivity contribution in [2.24, 2.45) is 0 Å². The van der Waals surface area contributed by atoms with Gasteiger partial charge in [-0.05, 0) is 39.2 Å². The molecule has 4 nitrogen and oxygen atoms in total. The number of carbonyl (C=O) groups is 1. The summed E-state index contributed by atoms with van der Waals surface area (Å²) in [6.45, 7) is 5.81. The number of hydrogen-bond donors (Lipinski definition) is 1. The summed E-state index contributed by atoms with van der Waals surface area (Å²) in [6.07, 6.45) is 3.49. The second-order valence-electron chi connectivity index (χ2n) is 5.74. The third-order valence-corrected chi connectivity index (χ3v) is 4.14. The zero-order valence-corrected chi connectivity index (χ0v) is 13.3. The van der Waals surface area contributed by atoms with Crippen LogP contribution < -0.4 is 10.1 Å². The van der Waals surface area contributed by atoms with Crippen molar-refractivity contribution < 1.29 is 9.53 Å². The van der Waals surface area contributed by atoms with Crippen LogP contribution in [-0.2, 0) is 4.79 Å². The average molecular weight is 290 g/mol. The first-order valence-corrected chi connectivity index (χ1v) is 7.81. The highest BCUT2D eigenvalue weighted by Gasteiger charge is 2.24. The molecule has 1 N–H and O–H groups in total. The molecule has 2 atom stereocenters. The molecule has 1 heterocycles. The van der Waals surface area contributed by atoms with E-state index in [9.17, 15) is 4.79 Å². The molecule has 0 spiro atoms. The molecule has 21 heavy (non-hydrogen) atoms. The molecule has 0 radical (unpaired) electrons. The van der Waals surface area contributed by atoms with Gasteiger partial charge >= 0.3 is 0 Å². The van der Waals surface area contributed by atoms with E-state index in [1.54, 1.807) is 7.11 Å². The van der Waals surface area contributed by atoms with Gasteiger partial charge in [0.15, 0.2) is 0 Å². The molecule has 1 aliphatic rings. The van der Waals surface area contributed by atoms with Crippen molar-refractivity contribution in [2.45, 2.75) is 45.2 Å². The van der Waals surface area contributed by atoms with Crippen molar-refractivity contribution in [1.82, 2.24) is 10.2 Å². The maximum atomic E-state index is 12.5. The Labute approximate surface area is 127 Å². The minimum absolute atomic E-state index is 0.0740. The molecule has 0 saturated carbocycles. The number of likely N-dealkylation sites (tertiary alicyclic amines) is 1. The van der Waals surface area contributed by atoms with Crippen LogP contribution in [0.25, 0.3) is 0 Å². The molecule has 4 heteroatoms. The van der Waals surface area contributed by atoms with Gasteiger partial charge in [0.2, 0.25) is 5.91 Å². The predicted octanol–water partition coefficient (Wildman–Crippen LogP) is 2.75. The molecule has 0 bridgehead atoms. The summed E-state index contributed by atoms with van der Waals surface area (Å²) in [7, 11) is 1.67. The van der Waals surface area contributed by atoms with Crippen molar-refractivity contribution in [1.29, 1.82) is 0 Å². The van der Waals surface area contributed by atoms with Crippen molar-refractivity contribution in [3.63, 3.8) is 0 Å². The third kappa shape index (κ3) is 3.97. The van der Waals surface area contributed by atoms with Crippen LogP contribution in [0.1, 0.15) is 44.7 Å². The first kappa shape index (κ1) is 15.8. The standard InChI is InChI=1S/C17H26N2O2/c1-13(15-9-5-6-10-16(15)21-3)18-14(2)17(20)19-11-7-4-8-12-19/h5-6,9-10,13-14,18H,4,7-8,11-12H2,1-3H3. The van der Waals surface area contributed by atoms with Gasteiger partial charge in [-0.1, -0.05) is 18.2 Å². The van der Waals surface area contributed by atoms with Gasteiger partial charge in [0.05, 0.1) is 13.2 Å². The van der Waals surface area contributed by atoms with E-state index in [4.69, 9.17) is 4.74 Å². The number of nitrogens with zero attached hydrogens (tertiary/aromatic N) is 1. The van der Waals surface area contributed by atoms with Gasteiger partial charge < -0.3 is 9.64 Å². The minimum atomic E-state index is -0.178. The zero-order valence-electron chi connectivity index (χ0n) is 13.3. The number of carbonyl (C=O) groups excluding carboxylic acids is 1. The lowest BCUT2D eigenvalue weighted by Crippen LogP contribution is -2.47. The lowest BCUT2D eigenvalue weighted by Gasteiger charge is -2.31. The molecule has 116 valence electrons. The average Bonchev–Trinajstić information content (AvgIpc) is 2.54. The number of para-hydroxylation sites is 1. The Balaban J connectivity index is 1.97. The molecule has 0 aliphatic carbocycles. The van der Waals surface area contributed by atoms with Gasteiger partial charge in [0.25, 0.3) is 0 Å². The molecule has 1 fully saturated rings. The van der Waals surface area contributed by atoms with Crippen LogP contribution in [0.15, 0.2) is 24.3 Å². The fourth-order valence-corrected chi connectivity index (χ4v) is 2.95. The SMILES string of the molecule is COc1ccccc1C(C)NC(C)C(=O)N1CCCCC1. The monoisotopic (exact) mass is 290 g/mol. The second kappa shape index (κ2) is 7.46. The van der Waals surface area contributed by atoms with Gasteiger partial charge in [0.1, 0.15) is 5.75 Å². The number of nitrogens with one attached hydrogen (secondary N) is 1. The van der Waals surface area contributed by atoms with Crippen molar-refractivity contribution in [2.75, 3.05) is 20.2 Å². The van der Waals surface area contributed by atoms with Gasteiger partial charge in [-0.3, -0.25) is 10.1 Å². The summed E-state index contributed by atoms with van der Waals surface area (Å²) >= 11 is 0. The largest absolute Gasteiger partial charge is 0.496 e. The van der Waals surface area contributed by atoms with Crippen LogP contribution in [0.2, 0.25) is 0 Å². The van der Waals surface area contributed by atoms with Gasteiger partial charge in [-0.15, -0.1) is 0 Å². The Morgan fingerprint density at radius 2 is 1.86 bits per heavy atom. The van der Waals surface area contributed by atoms with Crippen molar-refractivity contribution in [3.8, 4) is 5.75 Å². The lowest BCUT2D eigenvalue weighted by atomic mass is 10.1. The van der Waals surface area contributed by atoms with E-state index in [1.807, 2.05) is 36.1 Å². The summed E-state index contributed by atoms with van der Waals surface area (Å²) in [6, 6.07) is 7.83. The first-order chi connectivity index (χ1) is 10.1. The molecule has 1 aliphatic heterocycles. The van der Waals surface area contributed by atoms with Gasteiger partial charge in [-0.25, -0.2) is 0 Å². The highest BCUT2D eigenvalue weighted by atomic mass is 16.5. The summed E-state index contributed by atoms with van der Waals surface area (Å²) < 4.78 is 5.39. The van der Waals surface area contributed by atoms with E-state index in [0.717, 1.165) is 37.2 Å². The quantitative estimate of drug-likeness (QED) is 0.906. The molecule has 1 amide bonds. The normalized spacial score (nSPS) is 18.1. The van der Waals surface area contributed by atoms with Crippen LogP contribution in [0.3, 0.4) is 0 Å².